The van der Waals surface area contributed by atoms with Crippen LogP contribution in [0.1, 0.15) is 38.2 Å². The van der Waals surface area contributed by atoms with Crippen molar-refractivity contribution >= 4 is 28.0 Å². The van der Waals surface area contributed by atoms with Crippen molar-refractivity contribution in [3.8, 4) is 0 Å². The topological polar surface area (TPSA) is 57.5 Å². The number of hydrogen-bond donors (Lipinski definition) is 0. The molecule has 0 N–H and O–H groups in total. The first kappa shape index (κ1) is 14.8. The molecular formula is C12H16BrNO4. The van der Waals surface area contributed by atoms with E-state index in [1.807, 2.05) is 0 Å². The van der Waals surface area contributed by atoms with Gasteiger partial charge in [-0.2, -0.15) is 0 Å². The molecule has 0 amide bonds. The zero-order valence-corrected chi connectivity index (χ0v) is 12.4. The SMILES string of the molecule is CCOC(=O)c1cc(Br)cn1C(=O)OC(C)(C)C. The highest BCUT2D eigenvalue weighted by molar-refractivity contribution is 9.10. The molecule has 6 heteroatoms. The lowest BCUT2D eigenvalue weighted by Gasteiger charge is -2.20. The van der Waals surface area contributed by atoms with Crippen molar-refractivity contribution in [2.75, 3.05) is 6.61 Å². The van der Waals surface area contributed by atoms with E-state index in [0.717, 1.165) is 4.57 Å². The average molecular weight is 318 g/mol. The van der Waals surface area contributed by atoms with Crippen molar-refractivity contribution in [3.05, 3.63) is 22.4 Å². The summed E-state index contributed by atoms with van der Waals surface area (Å²) in [5.41, 5.74) is -0.488. The lowest BCUT2D eigenvalue weighted by Crippen LogP contribution is -2.28. The number of nitrogens with zero attached hydrogens (tertiary/aromatic N) is 1. The number of carbonyl (C=O) groups is 2. The summed E-state index contributed by atoms with van der Waals surface area (Å²) in [6, 6.07) is 1.52. The van der Waals surface area contributed by atoms with Crippen LogP contribution in [0.5, 0.6) is 0 Å². The number of aromatic nitrogens is 1. The minimum Gasteiger partial charge on any atom is -0.461 e. The molecule has 0 spiro atoms. The Kier molecular flexibility index (Phi) is 4.56. The second-order valence-corrected chi connectivity index (χ2v) is 5.53. The summed E-state index contributed by atoms with van der Waals surface area (Å²) >= 11 is 3.21. The number of ether oxygens (including phenoxy) is 2. The van der Waals surface area contributed by atoms with Crippen molar-refractivity contribution in [2.45, 2.75) is 33.3 Å². The largest absolute Gasteiger partial charge is 0.461 e. The summed E-state index contributed by atoms with van der Waals surface area (Å²) in [6.07, 6.45) is 0.858. The van der Waals surface area contributed by atoms with Gasteiger partial charge in [-0.3, -0.25) is 0 Å². The fourth-order valence-corrected chi connectivity index (χ4v) is 1.68. The number of esters is 1. The van der Waals surface area contributed by atoms with E-state index in [-0.39, 0.29) is 12.3 Å². The Morgan fingerprint density at radius 2 is 2.00 bits per heavy atom. The Balaban J connectivity index is 3.02. The minimum absolute atomic E-state index is 0.137. The van der Waals surface area contributed by atoms with Gasteiger partial charge < -0.3 is 9.47 Å². The molecule has 0 radical (unpaired) electrons. The monoisotopic (exact) mass is 317 g/mol. The van der Waals surface area contributed by atoms with Gasteiger partial charge in [-0.05, 0) is 49.7 Å². The van der Waals surface area contributed by atoms with E-state index in [9.17, 15) is 9.59 Å². The van der Waals surface area contributed by atoms with E-state index < -0.39 is 17.7 Å². The molecule has 0 aromatic carbocycles. The fraction of sp³-hybridized carbons (Fsp3) is 0.500. The predicted molar refractivity (Wildman–Crippen MR) is 69.7 cm³/mol. The van der Waals surface area contributed by atoms with E-state index in [4.69, 9.17) is 9.47 Å². The summed E-state index contributed by atoms with van der Waals surface area (Å²) in [6.45, 7) is 7.22. The number of halogens is 1. The van der Waals surface area contributed by atoms with Crippen LogP contribution >= 0.6 is 15.9 Å². The summed E-state index contributed by atoms with van der Waals surface area (Å²) in [5.74, 6) is -0.561. The molecule has 0 fully saturated rings. The molecule has 18 heavy (non-hydrogen) atoms. The number of carbonyl (C=O) groups excluding carboxylic acids is 2. The second-order valence-electron chi connectivity index (χ2n) is 4.61. The normalized spacial score (nSPS) is 11.2. The van der Waals surface area contributed by atoms with E-state index in [0.29, 0.717) is 4.47 Å². The van der Waals surface area contributed by atoms with Crippen LogP contribution in [0.4, 0.5) is 4.79 Å². The Morgan fingerprint density at radius 3 is 2.50 bits per heavy atom. The van der Waals surface area contributed by atoms with Gasteiger partial charge in [-0.25, -0.2) is 14.2 Å². The van der Waals surface area contributed by atoms with Gasteiger partial charge in [0.1, 0.15) is 11.3 Å². The predicted octanol–water partition coefficient (Wildman–Crippen LogP) is 3.21. The van der Waals surface area contributed by atoms with E-state index in [1.54, 1.807) is 27.7 Å². The Labute approximate surface area is 114 Å². The smallest absolute Gasteiger partial charge is 0.419 e. The average Bonchev–Trinajstić information content (AvgIpc) is 2.58. The van der Waals surface area contributed by atoms with E-state index in [2.05, 4.69) is 15.9 Å². The lowest BCUT2D eigenvalue weighted by atomic mass is 10.2. The molecule has 0 aliphatic rings. The van der Waals surface area contributed by atoms with E-state index in [1.165, 1.54) is 12.3 Å². The Hall–Kier alpha value is -1.30. The van der Waals surface area contributed by atoms with Gasteiger partial charge in [0.2, 0.25) is 0 Å². The minimum atomic E-state index is -0.625. The molecule has 5 nitrogen and oxygen atoms in total. The molecule has 0 saturated carbocycles. The quantitative estimate of drug-likeness (QED) is 0.786. The third-order valence-corrected chi connectivity index (χ3v) is 2.30. The van der Waals surface area contributed by atoms with Gasteiger partial charge in [0.25, 0.3) is 0 Å². The Bertz CT molecular complexity index is 459. The zero-order chi connectivity index (χ0) is 13.9. The van der Waals surface area contributed by atoms with Gasteiger partial charge in [0.15, 0.2) is 0 Å². The maximum Gasteiger partial charge on any atom is 0.419 e. The van der Waals surface area contributed by atoms with Gasteiger partial charge in [-0.15, -0.1) is 0 Å². The van der Waals surface area contributed by atoms with Crippen LogP contribution in [-0.4, -0.2) is 28.8 Å². The molecule has 100 valence electrons. The zero-order valence-electron chi connectivity index (χ0n) is 10.8. The second kappa shape index (κ2) is 5.56. The first-order chi connectivity index (χ1) is 8.24. The van der Waals surface area contributed by atoms with Crippen LogP contribution in [0.15, 0.2) is 16.7 Å². The van der Waals surface area contributed by atoms with Crippen molar-refractivity contribution in [3.63, 3.8) is 0 Å². The standard InChI is InChI=1S/C12H16BrNO4/c1-5-17-10(15)9-6-8(13)7-14(9)11(16)18-12(2,3)4/h6-7H,5H2,1-4H3. The molecular weight excluding hydrogens is 302 g/mol. The molecule has 1 aromatic rings. The summed E-state index contributed by atoms with van der Waals surface area (Å²) in [4.78, 5) is 23.6. The van der Waals surface area contributed by atoms with Crippen molar-refractivity contribution in [2.24, 2.45) is 0 Å². The van der Waals surface area contributed by atoms with Gasteiger partial charge >= 0.3 is 12.1 Å². The van der Waals surface area contributed by atoms with E-state index >= 15 is 0 Å². The molecule has 0 unspecified atom stereocenters. The summed E-state index contributed by atoms with van der Waals surface area (Å²) in [7, 11) is 0. The molecule has 0 bridgehead atoms. The maximum absolute atomic E-state index is 11.9. The summed E-state index contributed by atoms with van der Waals surface area (Å²) < 4.78 is 11.8. The molecule has 0 saturated heterocycles. The number of hydrogen-bond acceptors (Lipinski definition) is 4. The molecule has 0 aliphatic heterocycles. The highest BCUT2D eigenvalue weighted by Crippen LogP contribution is 2.18. The molecule has 1 rings (SSSR count). The molecule has 1 heterocycles. The molecule has 0 atom stereocenters. The summed E-state index contributed by atoms with van der Waals surface area (Å²) in [5, 5.41) is 0. The van der Waals surface area contributed by atoms with Gasteiger partial charge in [0.05, 0.1) is 6.61 Å². The lowest BCUT2D eigenvalue weighted by molar-refractivity contribution is 0.0449. The van der Waals surface area contributed by atoms with Crippen LogP contribution in [0.2, 0.25) is 0 Å². The van der Waals surface area contributed by atoms with Crippen molar-refractivity contribution in [1.82, 2.24) is 4.57 Å². The van der Waals surface area contributed by atoms with Crippen molar-refractivity contribution in [1.29, 1.82) is 0 Å². The first-order valence-electron chi connectivity index (χ1n) is 5.53. The van der Waals surface area contributed by atoms with Gasteiger partial charge in [0, 0.05) is 10.7 Å². The van der Waals surface area contributed by atoms with Crippen molar-refractivity contribution < 1.29 is 19.1 Å². The van der Waals surface area contributed by atoms with Crippen LogP contribution < -0.4 is 0 Å². The third-order valence-electron chi connectivity index (χ3n) is 1.86. The first-order valence-corrected chi connectivity index (χ1v) is 6.32. The third kappa shape index (κ3) is 3.87. The maximum atomic E-state index is 11.9. The fourth-order valence-electron chi connectivity index (χ4n) is 1.25. The highest BCUT2D eigenvalue weighted by Gasteiger charge is 2.23. The highest BCUT2D eigenvalue weighted by atomic mass is 79.9. The molecule has 1 aromatic heterocycles. The van der Waals surface area contributed by atoms with Crippen LogP contribution in [0, 0.1) is 0 Å². The van der Waals surface area contributed by atoms with Crippen LogP contribution in [-0.2, 0) is 9.47 Å². The Morgan fingerprint density at radius 1 is 1.39 bits per heavy atom. The molecule has 0 aliphatic carbocycles. The van der Waals surface area contributed by atoms with Crippen LogP contribution in [0.3, 0.4) is 0 Å². The van der Waals surface area contributed by atoms with Crippen LogP contribution in [0.25, 0.3) is 0 Å². The number of rotatable bonds is 2. The van der Waals surface area contributed by atoms with Gasteiger partial charge in [-0.1, -0.05) is 0 Å².